The third-order valence-corrected chi connectivity index (χ3v) is 3.16. The summed E-state index contributed by atoms with van der Waals surface area (Å²) in [5.41, 5.74) is 1.96. The molecule has 0 aliphatic carbocycles. The highest BCUT2D eigenvalue weighted by molar-refractivity contribution is 6.31. The van der Waals surface area contributed by atoms with E-state index in [0.29, 0.717) is 13.1 Å². The summed E-state index contributed by atoms with van der Waals surface area (Å²) in [6.45, 7) is 1.17. The first-order chi connectivity index (χ1) is 8.77. The fourth-order valence-corrected chi connectivity index (χ4v) is 1.98. The Morgan fingerprint density at radius 2 is 1.67 bits per heavy atom. The number of nitrogens with one attached hydrogen (secondary N) is 1. The molecule has 2 N–H and O–H groups in total. The first-order valence-electron chi connectivity index (χ1n) is 5.94. The zero-order valence-electron chi connectivity index (χ0n) is 10.0. The Labute approximate surface area is 112 Å². The number of halogens is 1. The van der Waals surface area contributed by atoms with Crippen molar-refractivity contribution in [3.63, 3.8) is 0 Å². The predicted octanol–water partition coefficient (Wildman–Crippen LogP) is 3.16. The maximum atomic E-state index is 9.97. The number of hydrogen-bond donors (Lipinski definition) is 2. The van der Waals surface area contributed by atoms with Crippen molar-refractivity contribution in [2.45, 2.75) is 12.6 Å². The Balaban J connectivity index is 1.84. The third-order valence-electron chi connectivity index (χ3n) is 2.80. The van der Waals surface area contributed by atoms with E-state index in [4.69, 9.17) is 11.6 Å². The molecule has 18 heavy (non-hydrogen) atoms. The lowest BCUT2D eigenvalue weighted by molar-refractivity contribution is 0.174. The van der Waals surface area contributed by atoms with Gasteiger partial charge in [0.05, 0.1) is 6.10 Å². The van der Waals surface area contributed by atoms with Gasteiger partial charge in [0.25, 0.3) is 0 Å². The standard InChI is InChI=1S/C15H16ClNO/c16-14-9-5-4-8-13(14)10-17-11-15(18)12-6-2-1-3-7-12/h1-9,15,17-18H,10-11H2/t15-/m0/s1. The Kier molecular flexibility index (Phi) is 4.76. The van der Waals surface area contributed by atoms with Crippen molar-refractivity contribution < 1.29 is 5.11 Å². The molecule has 3 heteroatoms. The lowest BCUT2D eigenvalue weighted by Crippen LogP contribution is -2.21. The zero-order chi connectivity index (χ0) is 12.8. The summed E-state index contributed by atoms with van der Waals surface area (Å²) in [6, 6.07) is 17.3. The van der Waals surface area contributed by atoms with E-state index in [2.05, 4.69) is 5.32 Å². The lowest BCUT2D eigenvalue weighted by Gasteiger charge is -2.12. The molecule has 0 amide bonds. The van der Waals surface area contributed by atoms with Crippen LogP contribution < -0.4 is 5.32 Å². The van der Waals surface area contributed by atoms with Crippen LogP contribution in [-0.4, -0.2) is 11.7 Å². The highest BCUT2D eigenvalue weighted by Crippen LogP contribution is 2.15. The molecular formula is C15H16ClNO. The van der Waals surface area contributed by atoms with Gasteiger partial charge in [0.1, 0.15) is 0 Å². The van der Waals surface area contributed by atoms with Gasteiger partial charge in [-0.1, -0.05) is 60.1 Å². The second-order valence-corrected chi connectivity index (χ2v) is 4.56. The summed E-state index contributed by atoms with van der Waals surface area (Å²) < 4.78 is 0. The van der Waals surface area contributed by atoms with E-state index in [0.717, 1.165) is 16.1 Å². The van der Waals surface area contributed by atoms with Crippen LogP contribution in [0.2, 0.25) is 5.02 Å². The van der Waals surface area contributed by atoms with E-state index in [1.165, 1.54) is 0 Å². The van der Waals surface area contributed by atoms with E-state index in [-0.39, 0.29) is 0 Å². The van der Waals surface area contributed by atoms with Gasteiger partial charge >= 0.3 is 0 Å². The highest BCUT2D eigenvalue weighted by atomic mass is 35.5. The number of hydrogen-bond acceptors (Lipinski definition) is 2. The largest absolute Gasteiger partial charge is 0.387 e. The second kappa shape index (κ2) is 6.55. The molecule has 0 aliphatic rings. The van der Waals surface area contributed by atoms with Crippen LogP contribution in [0.4, 0.5) is 0 Å². The molecule has 0 heterocycles. The summed E-state index contributed by atoms with van der Waals surface area (Å²) in [4.78, 5) is 0. The van der Waals surface area contributed by atoms with Crippen molar-refractivity contribution in [1.82, 2.24) is 5.32 Å². The number of aliphatic hydroxyl groups is 1. The average Bonchev–Trinajstić information content (AvgIpc) is 2.42. The molecule has 0 radical (unpaired) electrons. The fraction of sp³-hybridized carbons (Fsp3) is 0.200. The minimum Gasteiger partial charge on any atom is -0.387 e. The van der Waals surface area contributed by atoms with E-state index >= 15 is 0 Å². The number of rotatable bonds is 5. The van der Waals surface area contributed by atoms with E-state index in [1.54, 1.807) is 0 Å². The van der Waals surface area contributed by atoms with Crippen LogP contribution in [0.1, 0.15) is 17.2 Å². The second-order valence-electron chi connectivity index (χ2n) is 4.15. The molecule has 94 valence electrons. The van der Waals surface area contributed by atoms with Gasteiger partial charge in [-0.25, -0.2) is 0 Å². The number of benzene rings is 2. The Morgan fingerprint density at radius 1 is 1.00 bits per heavy atom. The normalized spacial score (nSPS) is 12.3. The van der Waals surface area contributed by atoms with Crippen LogP contribution in [0.5, 0.6) is 0 Å². The van der Waals surface area contributed by atoms with Gasteiger partial charge in [0.15, 0.2) is 0 Å². The zero-order valence-corrected chi connectivity index (χ0v) is 10.8. The minimum absolute atomic E-state index is 0.492. The van der Waals surface area contributed by atoms with Crippen LogP contribution in [0.3, 0.4) is 0 Å². The van der Waals surface area contributed by atoms with Crippen LogP contribution in [-0.2, 0) is 6.54 Å². The van der Waals surface area contributed by atoms with Gasteiger partial charge in [0.2, 0.25) is 0 Å². The Bertz CT molecular complexity index is 487. The summed E-state index contributed by atoms with van der Waals surface area (Å²) in [5.74, 6) is 0. The fourth-order valence-electron chi connectivity index (χ4n) is 1.78. The molecule has 2 aromatic carbocycles. The van der Waals surface area contributed by atoms with Gasteiger partial charge in [-0.15, -0.1) is 0 Å². The molecule has 2 nitrogen and oxygen atoms in total. The molecule has 1 atom stereocenters. The lowest BCUT2D eigenvalue weighted by atomic mass is 10.1. The monoisotopic (exact) mass is 261 g/mol. The summed E-state index contributed by atoms with van der Waals surface area (Å²) in [6.07, 6.45) is -0.492. The van der Waals surface area contributed by atoms with E-state index in [9.17, 15) is 5.11 Å². The average molecular weight is 262 g/mol. The van der Waals surface area contributed by atoms with Crippen molar-refractivity contribution in [2.24, 2.45) is 0 Å². The van der Waals surface area contributed by atoms with Gasteiger partial charge in [-0.2, -0.15) is 0 Å². The Morgan fingerprint density at radius 3 is 2.39 bits per heavy atom. The third kappa shape index (κ3) is 3.57. The summed E-state index contributed by atoms with van der Waals surface area (Å²) >= 11 is 6.05. The van der Waals surface area contributed by atoms with E-state index < -0.39 is 6.10 Å². The van der Waals surface area contributed by atoms with Crippen LogP contribution in [0, 0.1) is 0 Å². The molecule has 0 saturated carbocycles. The molecule has 0 saturated heterocycles. The van der Waals surface area contributed by atoms with Crippen LogP contribution in [0.15, 0.2) is 54.6 Å². The van der Waals surface area contributed by atoms with Gasteiger partial charge < -0.3 is 10.4 Å². The van der Waals surface area contributed by atoms with Gasteiger partial charge in [-0.05, 0) is 17.2 Å². The summed E-state index contributed by atoms with van der Waals surface area (Å²) in [7, 11) is 0. The molecule has 2 rings (SSSR count). The van der Waals surface area contributed by atoms with Crippen molar-refractivity contribution in [3.05, 3.63) is 70.7 Å². The van der Waals surface area contributed by atoms with E-state index in [1.807, 2.05) is 54.6 Å². The predicted molar refractivity (Wildman–Crippen MR) is 74.6 cm³/mol. The molecule has 0 bridgehead atoms. The highest BCUT2D eigenvalue weighted by Gasteiger charge is 2.06. The summed E-state index contributed by atoms with van der Waals surface area (Å²) in [5, 5.41) is 13.9. The molecule has 0 aliphatic heterocycles. The first kappa shape index (κ1) is 13.1. The Hall–Kier alpha value is -1.35. The smallest absolute Gasteiger partial charge is 0.0914 e. The molecule has 0 aromatic heterocycles. The minimum atomic E-state index is -0.492. The van der Waals surface area contributed by atoms with Crippen molar-refractivity contribution in [3.8, 4) is 0 Å². The van der Waals surface area contributed by atoms with Crippen LogP contribution >= 0.6 is 11.6 Å². The topological polar surface area (TPSA) is 32.3 Å². The molecule has 0 spiro atoms. The quantitative estimate of drug-likeness (QED) is 0.867. The van der Waals surface area contributed by atoms with Crippen LogP contribution in [0.25, 0.3) is 0 Å². The maximum absolute atomic E-state index is 9.97. The van der Waals surface area contributed by atoms with Crippen molar-refractivity contribution in [1.29, 1.82) is 0 Å². The van der Waals surface area contributed by atoms with Crippen molar-refractivity contribution in [2.75, 3.05) is 6.54 Å². The molecule has 0 fully saturated rings. The molecule has 2 aromatic rings. The van der Waals surface area contributed by atoms with Crippen molar-refractivity contribution >= 4 is 11.6 Å². The molecule has 0 unspecified atom stereocenters. The van der Waals surface area contributed by atoms with Gasteiger partial charge in [-0.3, -0.25) is 0 Å². The number of aliphatic hydroxyl groups excluding tert-OH is 1. The van der Waals surface area contributed by atoms with Gasteiger partial charge in [0, 0.05) is 18.1 Å². The first-order valence-corrected chi connectivity index (χ1v) is 6.32. The SMILES string of the molecule is O[C@@H](CNCc1ccccc1Cl)c1ccccc1. The molecular weight excluding hydrogens is 246 g/mol. The maximum Gasteiger partial charge on any atom is 0.0914 e.